The van der Waals surface area contributed by atoms with E-state index >= 15 is 0 Å². The smallest absolute Gasteiger partial charge is 0.0403 e. The molecule has 0 nitrogen and oxygen atoms in total. The molecule has 0 fully saturated rings. The monoisotopic (exact) mass is 239 g/mol. The summed E-state index contributed by atoms with van der Waals surface area (Å²) in [6.07, 6.45) is 13.4. The van der Waals surface area contributed by atoms with E-state index in [2.05, 4.69) is 24.5 Å². The number of hydrogen-bond acceptors (Lipinski definition) is 3. The van der Waals surface area contributed by atoms with Gasteiger partial charge in [0.25, 0.3) is 0 Å². The maximum atomic E-state index is 7.21. The Morgan fingerprint density at radius 3 is 2.07 bits per heavy atom. The van der Waals surface area contributed by atoms with Gasteiger partial charge < -0.3 is 0 Å². The second kappa shape index (κ2) is 5.65. The highest BCUT2D eigenvalue weighted by atomic mass is 32.2. The van der Waals surface area contributed by atoms with E-state index in [9.17, 15) is 0 Å². The highest BCUT2D eigenvalue weighted by Gasteiger charge is 2.10. The zero-order chi connectivity index (χ0) is 10.6. The molecule has 0 amide bonds. The van der Waals surface area contributed by atoms with Crippen LogP contribution >= 0.6 is 35.3 Å². The average molecular weight is 239 g/mol. The maximum absolute atomic E-state index is 7.21. The highest BCUT2D eigenvalue weighted by Crippen LogP contribution is 2.37. The molecule has 1 rings (SSSR count). The lowest BCUT2D eigenvalue weighted by Gasteiger charge is -2.11. The molecule has 0 spiro atoms. The van der Waals surface area contributed by atoms with Gasteiger partial charge in [0.1, 0.15) is 0 Å². The first kappa shape index (κ1) is 11.9. The first-order chi connectivity index (χ1) is 6.78. The second-order valence-electron chi connectivity index (χ2n) is 2.51. The van der Waals surface area contributed by atoms with Crippen molar-refractivity contribution in [2.75, 3.05) is 18.8 Å². The Hall–Kier alpha value is -0.170. The van der Waals surface area contributed by atoms with Gasteiger partial charge in [0.05, 0.1) is 0 Å². The molecule has 0 aliphatic carbocycles. The van der Waals surface area contributed by atoms with Crippen molar-refractivity contribution >= 4 is 35.3 Å². The molecule has 0 saturated heterocycles. The molecule has 0 heterocycles. The van der Waals surface area contributed by atoms with Gasteiger partial charge in [-0.2, -0.15) is 0 Å². The van der Waals surface area contributed by atoms with Crippen LogP contribution in [0, 0.1) is 12.3 Å². The van der Waals surface area contributed by atoms with E-state index in [0.29, 0.717) is 0 Å². The van der Waals surface area contributed by atoms with Gasteiger partial charge in [0, 0.05) is 20.2 Å². The minimum absolute atomic E-state index is 0.889. The fraction of sp³-hybridized carbons (Fsp3) is 0.273. The van der Waals surface area contributed by atoms with Crippen LogP contribution in [-0.2, 0) is 0 Å². The zero-order valence-corrected chi connectivity index (χ0v) is 10.8. The summed E-state index contributed by atoms with van der Waals surface area (Å²) >= 11 is 5.17. The van der Waals surface area contributed by atoms with Gasteiger partial charge in [-0.25, -0.2) is 0 Å². The van der Waals surface area contributed by atoms with Crippen molar-refractivity contribution in [3.8, 4) is 5.92 Å². The summed E-state index contributed by atoms with van der Waals surface area (Å²) in [5, 5.41) is 0. The second-order valence-corrected chi connectivity index (χ2v) is 4.99. The molecule has 0 aromatic heterocycles. The molecule has 0 N–H and O–H groups in total. The van der Waals surface area contributed by atoms with Gasteiger partial charge >= 0.3 is 0 Å². The zero-order valence-electron chi connectivity index (χ0n) is 8.38. The lowest BCUT2D eigenvalue weighted by molar-refractivity contribution is 1.11. The van der Waals surface area contributed by atoms with Crippen LogP contribution in [0.2, 0.25) is 0 Å². The average Bonchev–Trinajstić information content (AvgIpc) is 2.26. The van der Waals surface area contributed by atoms with E-state index in [1.165, 1.54) is 14.7 Å². The topological polar surface area (TPSA) is 0 Å². The van der Waals surface area contributed by atoms with Gasteiger partial charge in [-0.05, 0) is 37.3 Å². The summed E-state index contributed by atoms with van der Waals surface area (Å²) in [5.74, 6) is 2.48. The molecule has 0 saturated carbocycles. The normalized spacial score (nSPS) is 9.86. The van der Waals surface area contributed by atoms with Crippen molar-refractivity contribution in [2.24, 2.45) is 0 Å². The lowest BCUT2D eigenvalue weighted by atomic mass is 10.2. The number of benzene rings is 1. The quantitative estimate of drug-likeness (QED) is 0.582. The fourth-order valence-electron chi connectivity index (χ4n) is 1.20. The Morgan fingerprint density at radius 2 is 1.64 bits per heavy atom. The third kappa shape index (κ3) is 2.25. The Labute approximate surface area is 98.6 Å². The van der Waals surface area contributed by atoms with E-state index in [4.69, 9.17) is 6.42 Å². The van der Waals surface area contributed by atoms with Crippen molar-refractivity contribution in [3.05, 3.63) is 24.1 Å². The maximum Gasteiger partial charge on any atom is 0.0403 e. The third-order valence-electron chi connectivity index (χ3n) is 1.84. The van der Waals surface area contributed by atoms with Crippen molar-refractivity contribution in [2.45, 2.75) is 14.7 Å². The predicted octanol–water partition coefficient (Wildman–Crippen LogP) is 3.79. The first-order valence-electron chi connectivity index (χ1n) is 4.00. The van der Waals surface area contributed by atoms with E-state index < -0.39 is 0 Å². The molecule has 14 heavy (non-hydrogen) atoms. The molecule has 1 aromatic carbocycles. The Bertz CT molecular complexity index is 364. The summed E-state index contributed by atoms with van der Waals surface area (Å²) in [7, 11) is 0. The minimum Gasteiger partial charge on any atom is -0.128 e. The van der Waals surface area contributed by atoms with E-state index in [0.717, 1.165) is 5.56 Å². The van der Waals surface area contributed by atoms with Gasteiger partial charge in [0.2, 0.25) is 0 Å². The van der Waals surface area contributed by atoms with Crippen LogP contribution in [0.1, 0.15) is 5.56 Å². The van der Waals surface area contributed by atoms with Crippen LogP contribution in [-0.4, -0.2) is 18.8 Å². The van der Waals surface area contributed by atoms with Crippen LogP contribution in [0.15, 0.2) is 26.8 Å². The lowest BCUT2D eigenvalue weighted by Crippen LogP contribution is -1.87. The molecule has 0 bridgehead atoms. The molecule has 3 heteroatoms. The Kier molecular flexibility index (Phi) is 4.80. The van der Waals surface area contributed by atoms with E-state index in [-0.39, 0.29) is 0 Å². The molecule has 1 aromatic rings. The predicted molar refractivity (Wildman–Crippen MR) is 68.0 cm³/mol. The van der Waals surface area contributed by atoms with Gasteiger partial charge in [-0.3, -0.25) is 0 Å². The van der Waals surface area contributed by atoms with E-state index in [1.54, 1.807) is 35.3 Å². The summed E-state index contributed by atoms with van der Waals surface area (Å²) < 4.78 is 0. The van der Waals surface area contributed by atoms with Crippen LogP contribution in [0.4, 0.5) is 0 Å². The van der Waals surface area contributed by atoms with Crippen LogP contribution < -0.4 is 0 Å². The molecule has 0 unspecified atom stereocenters. The molecule has 1 radical (unpaired) electrons. The summed E-state index contributed by atoms with van der Waals surface area (Å²) in [4.78, 5) is 3.71. The van der Waals surface area contributed by atoms with Gasteiger partial charge in [-0.1, -0.05) is 5.92 Å². The molecular formula is C11H11S3. The van der Waals surface area contributed by atoms with Gasteiger partial charge in [0.15, 0.2) is 0 Å². The highest BCUT2D eigenvalue weighted by molar-refractivity contribution is 8.03. The first-order valence-corrected chi connectivity index (χ1v) is 7.67. The Morgan fingerprint density at radius 1 is 1.00 bits per heavy atom. The molecule has 0 atom stereocenters. The van der Waals surface area contributed by atoms with Gasteiger partial charge in [-0.15, -0.1) is 35.3 Å². The largest absolute Gasteiger partial charge is 0.128 e. The fourth-order valence-corrected chi connectivity index (χ4v) is 3.95. The minimum atomic E-state index is 0.889. The SMILES string of the molecule is [C]#Cc1ccc(SC)c(SC)c1SC. The standard InChI is InChI=1S/C11H11S3/c1-5-8-6-7-9(12-2)11(14-4)10(8)13-3/h6-7H,2-4H3. The third-order valence-corrected chi connectivity index (χ3v) is 4.54. The molecular weight excluding hydrogens is 228 g/mol. The van der Waals surface area contributed by atoms with Crippen molar-refractivity contribution < 1.29 is 0 Å². The summed E-state index contributed by atoms with van der Waals surface area (Å²) in [6.45, 7) is 0. The Balaban J connectivity index is 3.38. The summed E-state index contributed by atoms with van der Waals surface area (Å²) in [5.41, 5.74) is 0.889. The molecule has 0 aliphatic rings. The van der Waals surface area contributed by atoms with Crippen LogP contribution in [0.25, 0.3) is 0 Å². The molecule has 73 valence electrons. The van der Waals surface area contributed by atoms with Crippen LogP contribution in [0.5, 0.6) is 0 Å². The number of hydrogen-bond donors (Lipinski definition) is 0. The molecule has 0 aliphatic heterocycles. The van der Waals surface area contributed by atoms with Crippen LogP contribution in [0.3, 0.4) is 0 Å². The van der Waals surface area contributed by atoms with Crippen molar-refractivity contribution in [1.29, 1.82) is 0 Å². The number of rotatable bonds is 3. The summed E-state index contributed by atoms with van der Waals surface area (Å²) in [6, 6.07) is 4.03. The number of thioether (sulfide) groups is 3. The van der Waals surface area contributed by atoms with Crippen molar-refractivity contribution in [1.82, 2.24) is 0 Å². The van der Waals surface area contributed by atoms with Crippen molar-refractivity contribution in [3.63, 3.8) is 0 Å². The van der Waals surface area contributed by atoms with E-state index in [1.807, 2.05) is 12.3 Å².